The molecule has 0 heterocycles. The molecule has 0 amide bonds. The Morgan fingerprint density at radius 3 is 1.28 bits per heavy atom. The van der Waals surface area contributed by atoms with Crippen LogP contribution < -0.4 is 9.47 Å². The molecule has 0 aliphatic heterocycles. The molecule has 4 aromatic carbocycles. The summed E-state index contributed by atoms with van der Waals surface area (Å²) in [6.07, 6.45) is 2.90. The van der Waals surface area contributed by atoms with Gasteiger partial charge in [0.15, 0.2) is 0 Å². The number of rotatable bonds is 6. The van der Waals surface area contributed by atoms with Gasteiger partial charge in [0.25, 0.3) is 0 Å². The molecule has 8 nitrogen and oxygen atoms in total. The standard InChI is InChI=1S/C18H12N2O2.C17H10N2O2/c1-13-2-8-17(9-3-13)22-18(21)16-6-4-14(5-7-16)10-15(11-19)12-20;18-11-14(12-19)10-13-6-8-15(9-7-13)17(20)21-16-4-2-1-3-5-16/h2-10H,1H3;1-10H. The number of allylic oxidation sites excluding steroid dienone is 2. The van der Waals surface area contributed by atoms with Gasteiger partial charge < -0.3 is 9.47 Å². The third kappa shape index (κ3) is 9.75. The minimum Gasteiger partial charge on any atom is -0.423 e. The number of nitrogens with zero attached hydrogens (tertiary/aromatic N) is 4. The van der Waals surface area contributed by atoms with Gasteiger partial charge in [0.05, 0.1) is 11.1 Å². The number of carbonyl (C=O) groups is 2. The molecule has 0 aromatic heterocycles. The zero-order valence-electron chi connectivity index (χ0n) is 22.9. The van der Waals surface area contributed by atoms with Crippen molar-refractivity contribution in [3.05, 3.63) is 142 Å². The van der Waals surface area contributed by atoms with E-state index in [0.29, 0.717) is 33.8 Å². The third-order valence-electron chi connectivity index (χ3n) is 5.58. The molecule has 0 spiro atoms. The predicted molar refractivity (Wildman–Crippen MR) is 159 cm³/mol. The van der Waals surface area contributed by atoms with Crippen molar-refractivity contribution in [1.29, 1.82) is 21.0 Å². The quantitative estimate of drug-likeness (QED) is 0.139. The van der Waals surface area contributed by atoms with Gasteiger partial charge in [0.2, 0.25) is 0 Å². The van der Waals surface area contributed by atoms with Crippen LogP contribution in [0.3, 0.4) is 0 Å². The molecule has 0 unspecified atom stereocenters. The average Bonchev–Trinajstić information content (AvgIpc) is 3.05. The lowest BCUT2D eigenvalue weighted by molar-refractivity contribution is 0.0725. The highest BCUT2D eigenvalue weighted by atomic mass is 16.5. The van der Waals surface area contributed by atoms with Crippen molar-refractivity contribution in [2.45, 2.75) is 6.92 Å². The number of ether oxygens (including phenoxy) is 2. The number of esters is 2. The fourth-order valence-electron chi connectivity index (χ4n) is 3.37. The van der Waals surface area contributed by atoms with E-state index >= 15 is 0 Å². The van der Waals surface area contributed by atoms with Crippen LogP contribution in [0.25, 0.3) is 12.2 Å². The first-order valence-electron chi connectivity index (χ1n) is 12.6. The Kier molecular flexibility index (Phi) is 11.3. The second-order valence-corrected chi connectivity index (χ2v) is 8.71. The molecule has 0 N–H and O–H groups in total. The summed E-state index contributed by atoms with van der Waals surface area (Å²) < 4.78 is 10.5. The number of benzene rings is 4. The average molecular weight is 563 g/mol. The molecule has 206 valence electrons. The molecule has 8 heteroatoms. The van der Waals surface area contributed by atoms with E-state index in [9.17, 15) is 9.59 Å². The Morgan fingerprint density at radius 1 is 0.535 bits per heavy atom. The second kappa shape index (κ2) is 15.8. The molecule has 4 rings (SSSR count). The maximum Gasteiger partial charge on any atom is 0.343 e. The highest BCUT2D eigenvalue weighted by Gasteiger charge is 2.09. The Bertz CT molecular complexity index is 1780. The van der Waals surface area contributed by atoms with E-state index in [1.165, 1.54) is 12.2 Å². The zero-order valence-corrected chi connectivity index (χ0v) is 22.9. The van der Waals surface area contributed by atoms with Gasteiger partial charge in [-0.15, -0.1) is 0 Å². The molecule has 0 saturated heterocycles. The van der Waals surface area contributed by atoms with Crippen LogP contribution in [0.15, 0.2) is 114 Å². The highest BCUT2D eigenvalue weighted by Crippen LogP contribution is 2.16. The normalized spacial score (nSPS) is 9.14. The van der Waals surface area contributed by atoms with Gasteiger partial charge in [-0.05, 0) is 78.7 Å². The number of para-hydroxylation sites is 1. The SMILES string of the molecule is Cc1ccc(OC(=O)c2ccc(C=C(C#N)C#N)cc2)cc1.N#CC(C#N)=Cc1ccc(C(=O)Oc2ccccc2)cc1. The van der Waals surface area contributed by atoms with Crippen molar-refractivity contribution in [3.63, 3.8) is 0 Å². The van der Waals surface area contributed by atoms with Crippen LogP contribution >= 0.6 is 0 Å². The maximum atomic E-state index is 12.0. The molecule has 0 bridgehead atoms. The van der Waals surface area contributed by atoms with Crippen LogP contribution in [0, 0.1) is 52.2 Å². The smallest absolute Gasteiger partial charge is 0.343 e. The summed E-state index contributed by atoms with van der Waals surface area (Å²) in [7, 11) is 0. The molecule has 0 fully saturated rings. The van der Waals surface area contributed by atoms with Crippen molar-refractivity contribution < 1.29 is 19.1 Å². The number of aryl methyl sites for hydroxylation is 1. The van der Waals surface area contributed by atoms with Gasteiger partial charge in [-0.1, -0.05) is 60.2 Å². The van der Waals surface area contributed by atoms with Crippen LogP contribution in [0.5, 0.6) is 11.5 Å². The van der Waals surface area contributed by atoms with E-state index in [0.717, 1.165) is 5.56 Å². The lowest BCUT2D eigenvalue weighted by Gasteiger charge is -2.05. The summed E-state index contributed by atoms with van der Waals surface area (Å²) in [5.74, 6) is 0.0382. The first kappa shape index (κ1) is 30.8. The first-order valence-corrected chi connectivity index (χ1v) is 12.6. The van der Waals surface area contributed by atoms with Crippen LogP contribution in [0.1, 0.15) is 37.4 Å². The van der Waals surface area contributed by atoms with Gasteiger partial charge in [-0.2, -0.15) is 21.0 Å². The van der Waals surface area contributed by atoms with Crippen LogP contribution in [0.2, 0.25) is 0 Å². The first-order chi connectivity index (χ1) is 20.8. The molecule has 0 aliphatic carbocycles. The number of nitriles is 4. The van der Waals surface area contributed by atoms with Gasteiger partial charge in [0, 0.05) is 0 Å². The highest BCUT2D eigenvalue weighted by molar-refractivity contribution is 5.92. The van der Waals surface area contributed by atoms with Gasteiger partial charge in [-0.25, -0.2) is 9.59 Å². The van der Waals surface area contributed by atoms with E-state index in [2.05, 4.69) is 0 Å². The number of hydrogen-bond acceptors (Lipinski definition) is 8. The second-order valence-electron chi connectivity index (χ2n) is 8.71. The Hall–Kier alpha value is -6.74. The Morgan fingerprint density at radius 2 is 0.907 bits per heavy atom. The maximum absolute atomic E-state index is 12.0. The third-order valence-corrected chi connectivity index (χ3v) is 5.58. The van der Waals surface area contributed by atoms with Gasteiger partial charge in [0.1, 0.15) is 46.9 Å². The van der Waals surface area contributed by atoms with E-state index in [1.54, 1.807) is 109 Å². The van der Waals surface area contributed by atoms with Crippen molar-refractivity contribution in [1.82, 2.24) is 0 Å². The van der Waals surface area contributed by atoms with E-state index in [4.69, 9.17) is 30.5 Å². The molecule has 43 heavy (non-hydrogen) atoms. The van der Waals surface area contributed by atoms with Crippen molar-refractivity contribution in [2.24, 2.45) is 0 Å². The largest absolute Gasteiger partial charge is 0.423 e. The van der Waals surface area contributed by atoms with E-state index in [1.807, 2.05) is 25.1 Å². The Balaban J connectivity index is 0.000000236. The predicted octanol–water partition coefficient (Wildman–Crippen LogP) is 6.98. The minimum atomic E-state index is -0.461. The topological polar surface area (TPSA) is 148 Å². The molecule has 0 aliphatic rings. The molecular weight excluding hydrogens is 540 g/mol. The van der Waals surface area contributed by atoms with Crippen molar-refractivity contribution in [3.8, 4) is 35.8 Å². The fraction of sp³-hybridized carbons (Fsp3) is 0.0286. The molecule has 0 atom stereocenters. The Labute approximate surface area is 248 Å². The fourth-order valence-corrected chi connectivity index (χ4v) is 3.37. The number of carbonyl (C=O) groups excluding carboxylic acids is 2. The lowest BCUT2D eigenvalue weighted by Crippen LogP contribution is -2.08. The molecule has 0 radical (unpaired) electrons. The number of hydrogen-bond donors (Lipinski definition) is 0. The summed E-state index contributed by atoms with van der Waals surface area (Å²) in [5, 5.41) is 34.8. The van der Waals surface area contributed by atoms with E-state index in [-0.39, 0.29) is 11.1 Å². The summed E-state index contributed by atoms with van der Waals surface area (Å²) in [6, 6.07) is 36.1. The lowest BCUT2D eigenvalue weighted by atomic mass is 10.1. The summed E-state index contributed by atoms with van der Waals surface area (Å²) in [5.41, 5.74) is 3.24. The molecule has 0 saturated carbocycles. The molecule has 4 aromatic rings. The van der Waals surface area contributed by atoms with Crippen molar-refractivity contribution >= 4 is 24.1 Å². The monoisotopic (exact) mass is 562 g/mol. The van der Waals surface area contributed by atoms with Gasteiger partial charge >= 0.3 is 11.9 Å². The van der Waals surface area contributed by atoms with Crippen LogP contribution in [-0.2, 0) is 0 Å². The van der Waals surface area contributed by atoms with Gasteiger partial charge in [-0.3, -0.25) is 0 Å². The van der Waals surface area contributed by atoms with E-state index < -0.39 is 11.9 Å². The summed E-state index contributed by atoms with van der Waals surface area (Å²) >= 11 is 0. The zero-order chi connectivity index (χ0) is 31.0. The summed E-state index contributed by atoms with van der Waals surface area (Å²) in [4.78, 5) is 23.9. The molecular formula is C35H22N4O4. The van der Waals surface area contributed by atoms with Crippen LogP contribution in [0.4, 0.5) is 0 Å². The minimum absolute atomic E-state index is 0.00890. The van der Waals surface area contributed by atoms with Crippen molar-refractivity contribution in [2.75, 3.05) is 0 Å². The van der Waals surface area contributed by atoms with Crippen LogP contribution in [-0.4, -0.2) is 11.9 Å². The summed E-state index contributed by atoms with van der Waals surface area (Å²) in [6.45, 7) is 1.95.